The van der Waals surface area contributed by atoms with Crippen LogP contribution in [0.25, 0.3) is 0 Å². The molecule has 0 unspecified atom stereocenters. The molecule has 0 bridgehead atoms. The number of aliphatic hydroxyl groups is 3. The minimum Gasteiger partial charge on any atom is -0.393 e. The highest BCUT2D eigenvalue weighted by atomic mass is 16.3. The zero-order valence-corrected chi connectivity index (χ0v) is 13.8. The van der Waals surface area contributed by atoms with Gasteiger partial charge in [-0.2, -0.15) is 0 Å². The Hall–Kier alpha value is -0.380. The molecular formula is C19H30O3. The Morgan fingerprint density at radius 3 is 2.50 bits per heavy atom. The van der Waals surface area contributed by atoms with Crippen LogP contribution in [-0.2, 0) is 0 Å². The van der Waals surface area contributed by atoms with E-state index in [0.717, 1.165) is 44.9 Å². The third-order valence-corrected chi connectivity index (χ3v) is 8.05. The molecule has 4 aliphatic rings. The summed E-state index contributed by atoms with van der Waals surface area (Å²) >= 11 is 0. The summed E-state index contributed by atoms with van der Waals surface area (Å²) in [5.41, 5.74) is 1.44. The van der Waals surface area contributed by atoms with E-state index >= 15 is 0 Å². The molecule has 0 aromatic heterocycles. The third-order valence-electron chi connectivity index (χ3n) is 8.05. The fourth-order valence-corrected chi connectivity index (χ4v) is 6.60. The molecule has 3 N–H and O–H groups in total. The van der Waals surface area contributed by atoms with Gasteiger partial charge in [0.05, 0.1) is 18.3 Å². The molecule has 3 fully saturated rings. The summed E-state index contributed by atoms with van der Waals surface area (Å²) in [4.78, 5) is 0. The molecule has 4 rings (SSSR count). The second kappa shape index (κ2) is 4.81. The number of hydrogen-bond acceptors (Lipinski definition) is 3. The smallest absolute Gasteiger partial charge is 0.0757 e. The van der Waals surface area contributed by atoms with Crippen molar-refractivity contribution >= 4 is 0 Å². The first-order valence-electron chi connectivity index (χ1n) is 9.11. The Morgan fingerprint density at radius 2 is 1.73 bits per heavy atom. The molecule has 0 amide bonds. The molecule has 3 saturated carbocycles. The number of fused-ring (bicyclic) bond motifs is 5. The highest BCUT2D eigenvalue weighted by Crippen LogP contribution is 2.64. The summed E-state index contributed by atoms with van der Waals surface area (Å²) in [5.74, 6) is 1.25. The molecule has 0 aliphatic heterocycles. The van der Waals surface area contributed by atoms with Crippen molar-refractivity contribution in [3.63, 3.8) is 0 Å². The van der Waals surface area contributed by atoms with Gasteiger partial charge in [-0.25, -0.2) is 0 Å². The lowest BCUT2D eigenvalue weighted by Crippen LogP contribution is -2.55. The van der Waals surface area contributed by atoms with Crippen LogP contribution < -0.4 is 0 Å². The zero-order valence-electron chi connectivity index (χ0n) is 13.8. The molecule has 0 radical (unpaired) electrons. The quantitative estimate of drug-likeness (QED) is 0.603. The fraction of sp³-hybridized carbons (Fsp3) is 0.895. The average Bonchev–Trinajstić information content (AvgIpc) is 2.77. The van der Waals surface area contributed by atoms with E-state index in [0.29, 0.717) is 17.8 Å². The van der Waals surface area contributed by atoms with Crippen LogP contribution in [0.4, 0.5) is 0 Å². The second-order valence-electron chi connectivity index (χ2n) is 8.92. The topological polar surface area (TPSA) is 60.7 Å². The van der Waals surface area contributed by atoms with Gasteiger partial charge in [-0.05, 0) is 73.5 Å². The van der Waals surface area contributed by atoms with Gasteiger partial charge in [0.1, 0.15) is 0 Å². The van der Waals surface area contributed by atoms with E-state index in [1.54, 1.807) is 0 Å². The van der Waals surface area contributed by atoms with Crippen LogP contribution in [0, 0.1) is 28.6 Å². The standard InChI is InChI=1S/C19H30O3/c1-18-7-5-12(20)9-11(18)10-15(21)17-13-3-4-16(22)19(13,2)8-6-14(17)18/h10,12-17,20-22H,3-9H2,1-2H3/t12-,13+,14+,15+,16+,17+,18+,19+/m1/s1. The lowest BCUT2D eigenvalue weighted by molar-refractivity contribution is -0.105. The van der Waals surface area contributed by atoms with E-state index in [1.807, 2.05) is 0 Å². The van der Waals surface area contributed by atoms with E-state index in [1.165, 1.54) is 5.57 Å². The van der Waals surface area contributed by atoms with Crippen LogP contribution in [0.2, 0.25) is 0 Å². The minimum atomic E-state index is -0.395. The third kappa shape index (κ3) is 1.85. The van der Waals surface area contributed by atoms with Gasteiger partial charge in [0, 0.05) is 0 Å². The predicted octanol–water partition coefficient (Wildman–Crippen LogP) is 2.64. The molecular weight excluding hydrogens is 276 g/mol. The second-order valence-corrected chi connectivity index (χ2v) is 8.92. The van der Waals surface area contributed by atoms with Gasteiger partial charge in [0.15, 0.2) is 0 Å². The van der Waals surface area contributed by atoms with Crippen molar-refractivity contribution < 1.29 is 15.3 Å². The van der Waals surface area contributed by atoms with E-state index in [-0.39, 0.29) is 23.0 Å². The molecule has 3 nitrogen and oxygen atoms in total. The SMILES string of the molecule is C[C@]12CC[C@H]3[C@@H]([C@@H](O)C=C4C[C@H](O)CC[C@@]43C)[C@@H]1CC[C@@H]2O. The monoisotopic (exact) mass is 306 g/mol. The Bertz CT molecular complexity index is 501. The first-order chi connectivity index (χ1) is 10.4. The molecule has 0 aromatic rings. The highest BCUT2D eigenvalue weighted by molar-refractivity contribution is 5.27. The first-order valence-corrected chi connectivity index (χ1v) is 9.11. The predicted molar refractivity (Wildman–Crippen MR) is 85.1 cm³/mol. The molecule has 0 heterocycles. The number of aliphatic hydroxyl groups excluding tert-OH is 3. The maximum absolute atomic E-state index is 10.9. The first kappa shape index (κ1) is 15.2. The summed E-state index contributed by atoms with van der Waals surface area (Å²) in [6, 6.07) is 0. The van der Waals surface area contributed by atoms with Gasteiger partial charge in [-0.1, -0.05) is 25.5 Å². The van der Waals surface area contributed by atoms with Gasteiger partial charge < -0.3 is 15.3 Å². The van der Waals surface area contributed by atoms with Crippen molar-refractivity contribution in [1.82, 2.24) is 0 Å². The molecule has 0 saturated heterocycles. The average molecular weight is 306 g/mol. The van der Waals surface area contributed by atoms with Crippen molar-refractivity contribution in [3.8, 4) is 0 Å². The van der Waals surface area contributed by atoms with Crippen molar-refractivity contribution in [3.05, 3.63) is 11.6 Å². The fourth-order valence-electron chi connectivity index (χ4n) is 6.60. The summed E-state index contributed by atoms with van der Waals surface area (Å²) in [6.07, 6.45) is 8.05. The van der Waals surface area contributed by atoms with Gasteiger partial charge in [-0.15, -0.1) is 0 Å². The molecule has 0 spiro atoms. The number of hydrogen-bond donors (Lipinski definition) is 3. The van der Waals surface area contributed by atoms with E-state index in [4.69, 9.17) is 0 Å². The molecule has 124 valence electrons. The Morgan fingerprint density at radius 1 is 0.955 bits per heavy atom. The number of rotatable bonds is 0. The Balaban J connectivity index is 1.73. The molecule has 8 atom stereocenters. The van der Waals surface area contributed by atoms with Crippen LogP contribution in [0.3, 0.4) is 0 Å². The normalized spacial score (nSPS) is 57.6. The van der Waals surface area contributed by atoms with Crippen LogP contribution in [0.5, 0.6) is 0 Å². The summed E-state index contributed by atoms with van der Waals surface area (Å²) < 4.78 is 0. The largest absolute Gasteiger partial charge is 0.393 e. The maximum atomic E-state index is 10.9. The summed E-state index contributed by atoms with van der Waals surface area (Å²) in [6.45, 7) is 4.60. The molecule has 22 heavy (non-hydrogen) atoms. The van der Waals surface area contributed by atoms with Crippen LogP contribution >= 0.6 is 0 Å². The Labute approximate surface area is 133 Å². The molecule has 0 aromatic carbocycles. The highest BCUT2D eigenvalue weighted by Gasteiger charge is 2.60. The lowest BCUT2D eigenvalue weighted by atomic mass is 9.47. The van der Waals surface area contributed by atoms with Gasteiger partial charge in [0.25, 0.3) is 0 Å². The van der Waals surface area contributed by atoms with Crippen LogP contribution in [0.1, 0.15) is 58.8 Å². The van der Waals surface area contributed by atoms with Crippen molar-refractivity contribution in [2.24, 2.45) is 28.6 Å². The van der Waals surface area contributed by atoms with Crippen molar-refractivity contribution in [1.29, 1.82) is 0 Å². The van der Waals surface area contributed by atoms with E-state index in [2.05, 4.69) is 19.9 Å². The molecule has 3 heteroatoms. The van der Waals surface area contributed by atoms with E-state index in [9.17, 15) is 15.3 Å². The Kier molecular flexibility index (Phi) is 3.32. The van der Waals surface area contributed by atoms with Gasteiger partial charge in [0.2, 0.25) is 0 Å². The summed E-state index contributed by atoms with van der Waals surface area (Å²) in [7, 11) is 0. The lowest BCUT2D eigenvalue weighted by Gasteiger charge is -2.58. The van der Waals surface area contributed by atoms with Crippen molar-refractivity contribution in [2.45, 2.75) is 77.1 Å². The van der Waals surface area contributed by atoms with Gasteiger partial charge >= 0.3 is 0 Å². The summed E-state index contributed by atoms with van der Waals surface area (Å²) in [5, 5.41) is 31.3. The van der Waals surface area contributed by atoms with Crippen LogP contribution in [0.15, 0.2) is 11.6 Å². The zero-order chi connectivity index (χ0) is 15.7. The molecule has 4 aliphatic carbocycles. The van der Waals surface area contributed by atoms with Crippen molar-refractivity contribution in [2.75, 3.05) is 0 Å². The van der Waals surface area contributed by atoms with Gasteiger partial charge in [-0.3, -0.25) is 0 Å². The minimum absolute atomic E-state index is 0.00195. The van der Waals surface area contributed by atoms with E-state index < -0.39 is 6.10 Å². The maximum Gasteiger partial charge on any atom is 0.0757 e. The van der Waals surface area contributed by atoms with Crippen LogP contribution in [-0.4, -0.2) is 33.6 Å².